The lowest BCUT2D eigenvalue weighted by Gasteiger charge is -2.08. The van der Waals surface area contributed by atoms with Crippen LogP contribution in [0.1, 0.15) is 40.9 Å². The highest BCUT2D eigenvalue weighted by atomic mass is 19.1. The number of nitrogens with zero attached hydrogens (tertiary/aromatic N) is 6. The fourth-order valence-electron chi connectivity index (χ4n) is 3.94. The van der Waals surface area contributed by atoms with Crippen LogP contribution in [0.15, 0.2) is 42.9 Å². The van der Waals surface area contributed by atoms with E-state index >= 15 is 0 Å². The quantitative estimate of drug-likeness (QED) is 0.472. The van der Waals surface area contributed by atoms with Crippen molar-refractivity contribution in [2.75, 3.05) is 7.11 Å². The zero-order chi connectivity index (χ0) is 22.2. The number of aromatic nitrogens is 6. The van der Waals surface area contributed by atoms with E-state index in [4.69, 9.17) is 4.74 Å². The maximum absolute atomic E-state index is 13.7. The van der Waals surface area contributed by atoms with Crippen LogP contribution in [0, 0.1) is 18.6 Å². The molecule has 0 bridgehead atoms. The molecule has 5 rings (SSSR count). The first-order valence-electron chi connectivity index (χ1n) is 10.1. The second-order valence-corrected chi connectivity index (χ2v) is 7.62. The zero-order valence-electron chi connectivity index (χ0n) is 17.5. The van der Waals surface area contributed by atoms with Crippen molar-refractivity contribution in [2.24, 2.45) is 0 Å². The smallest absolute Gasteiger partial charge is 0.238 e. The Kier molecular flexibility index (Phi) is 5.01. The number of ether oxygens (including phenoxy) is 1. The minimum Gasteiger partial charge on any atom is -0.479 e. The number of halogens is 2. The van der Waals surface area contributed by atoms with Gasteiger partial charge in [0.1, 0.15) is 23.1 Å². The van der Waals surface area contributed by atoms with E-state index in [1.54, 1.807) is 30.3 Å². The van der Waals surface area contributed by atoms with Crippen molar-refractivity contribution in [3.8, 4) is 11.6 Å². The van der Waals surface area contributed by atoms with Gasteiger partial charge in [0.15, 0.2) is 5.82 Å². The molecular formula is C23H20F2N6O. The molecule has 0 unspecified atom stereocenters. The van der Waals surface area contributed by atoms with Crippen LogP contribution in [0.5, 0.6) is 5.88 Å². The molecule has 0 saturated heterocycles. The molecule has 0 spiro atoms. The molecule has 0 N–H and O–H groups in total. The first-order valence-corrected chi connectivity index (χ1v) is 10.1. The second kappa shape index (κ2) is 7.99. The van der Waals surface area contributed by atoms with Gasteiger partial charge in [-0.05, 0) is 55.3 Å². The number of methoxy groups -OCH3 is 1. The molecule has 0 aliphatic carbocycles. The highest BCUT2D eigenvalue weighted by Gasteiger charge is 2.28. The molecule has 0 radical (unpaired) electrons. The summed E-state index contributed by atoms with van der Waals surface area (Å²) in [4.78, 5) is 13.3. The SMILES string of the molecule is COc1nc(/C=C/c2nc3n(n2)CC[C@H]3c2cc(F)cc(F)c2)ccc1-n1cnc(C)c1. The summed E-state index contributed by atoms with van der Waals surface area (Å²) in [5.41, 5.74) is 2.94. The molecule has 1 aliphatic heterocycles. The van der Waals surface area contributed by atoms with Crippen LogP contribution in [-0.2, 0) is 6.54 Å². The van der Waals surface area contributed by atoms with Gasteiger partial charge in [-0.25, -0.2) is 28.4 Å². The van der Waals surface area contributed by atoms with Crippen LogP contribution in [0.25, 0.3) is 17.8 Å². The molecule has 0 amide bonds. The monoisotopic (exact) mass is 434 g/mol. The van der Waals surface area contributed by atoms with Crippen LogP contribution < -0.4 is 4.74 Å². The van der Waals surface area contributed by atoms with E-state index in [-0.39, 0.29) is 5.92 Å². The summed E-state index contributed by atoms with van der Waals surface area (Å²) in [5.74, 6) is 0.312. The fraction of sp³-hybridized carbons (Fsp3) is 0.217. The minimum absolute atomic E-state index is 0.189. The Morgan fingerprint density at radius 1 is 1.09 bits per heavy atom. The van der Waals surface area contributed by atoms with Crippen LogP contribution in [0.2, 0.25) is 0 Å². The maximum atomic E-state index is 13.7. The molecule has 4 heterocycles. The van der Waals surface area contributed by atoms with Gasteiger partial charge in [-0.2, -0.15) is 5.10 Å². The molecular weight excluding hydrogens is 414 g/mol. The third-order valence-electron chi connectivity index (χ3n) is 5.39. The summed E-state index contributed by atoms with van der Waals surface area (Å²) < 4.78 is 36.4. The van der Waals surface area contributed by atoms with Crippen LogP contribution in [-0.4, -0.2) is 36.4 Å². The van der Waals surface area contributed by atoms with Crippen molar-refractivity contribution in [2.45, 2.75) is 25.8 Å². The summed E-state index contributed by atoms with van der Waals surface area (Å²) in [6.07, 6.45) is 7.87. The predicted octanol–water partition coefficient (Wildman–Crippen LogP) is 4.16. The topological polar surface area (TPSA) is 70.7 Å². The lowest BCUT2D eigenvalue weighted by atomic mass is 9.97. The number of pyridine rings is 1. The van der Waals surface area contributed by atoms with Crippen molar-refractivity contribution in [1.82, 2.24) is 29.3 Å². The average molecular weight is 434 g/mol. The van der Waals surface area contributed by atoms with Gasteiger partial charge < -0.3 is 9.30 Å². The molecule has 1 aromatic carbocycles. The highest BCUT2D eigenvalue weighted by Crippen LogP contribution is 2.33. The summed E-state index contributed by atoms with van der Waals surface area (Å²) in [5, 5.41) is 4.50. The first-order chi connectivity index (χ1) is 15.5. The second-order valence-electron chi connectivity index (χ2n) is 7.62. The number of hydrogen-bond donors (Lipinski definition) is 0. The number of imidazole rings is 1. The zero-order valence-corrected chi connectivity index (χ0v) is 17.5. The number of hydrogen-bond acceptors (Lipinski definition) is 5. The van der Waals surface area contributed by atoms with Crippen molar-refractivity contribution < 1.29 is 13.5 Å². The Balaban J connectivity index is 1.39. The Labute approximate surface area is 183 Å². The van der Waals surface area contributed by atoms with E-state index in [0.717, 1.165) is 17.4 Å². The number of fused-ring (bicyclic) bond motifs is 1. The van der Waals surface area contributed by atoms with E-state index in [1.165, 1.54) is 12.1 Å². The molecule has 0 fully saturated rings. The summed E-state index contributed by atoms with van der Waals surface area (Å²) >= 11 is 0. The van der Waals surface area contributed by atoms with Crippen LogP contribution in [0.3, 0.4) is 0 Å². The van der Waals surface area contributed by atoms with Gasteiger partial charge in [0, 0.05) is 24.7 Å². The molecule has 3 aromatic heterocycles. The Hall–Kier alpha value is -3.88. The lowest BCUT2D eigenvalue weighted by Crippen LogP contribution is -2.00. The average Bonchev–Trinajstić information content (AvgIpc) is 3.47. The maximum Gasteiger partial charge on any atom is 0.238 e. The molecule has 32 heavy (non-hydrogen) atoms. The lowest BCUT2D eigenvalue weighted by molar-refractivity contribution is 0.395. The van der Waals surface area contributed by atoms with Crippen molar-refractivity contribution >= 4 is 12.2 Å². The normalized spacial score (nSPS) is 15.4. The van der Waals surface area contributed by atoms with Crippen molar-refractivity contribution in [3.63, 3.8) is 0 Å². The third kappa shape index (κ3) is 3.77. The Morgan fingerprint density at radius 3 is 2.62 bits per heavy atom. The summed E-state index contributed by atoms with van der Waals surface area (Å²) in [6, 6.07) is 7.35. The van der Waals surface area contributed by atoms with E-state index in [2.05, 4.69) is 20.1 Å². The van der Waals surface area contributed by atoms with E-state index in [9.17, 15) is 8.78 Å². The molecule has 9 heteroatoms. The first kappa shape index (κ1) is 20.0. The standard InChI is InChI=1S/C23H20F2N6O/c1-14-12-30(13-26-14)20-5-3-18(27-23(20)32-2)4-6-21-28-22-19(7-8-31(22)29-21)15-9-16(24)11-17(25)10-15/h3-6,9-13,19H,7-8H2,1-2H3/b6-4+/t19-/m0/s1. The Bertz CT molecular complexity index is 1310. The van der Waals surface area contributed by atoms with Gasteiger partial charge in [-0.3, -0.25) is 0 Å². The van der Waals surface area contributed by atoms with Crippen LogP contribution >= 0.6 is 0 Å². The molecule has 1 atom stereocenters. The van der Waals surface area contributed by atoms with Gasteiger partial charge in [-0.15, -0.1) is 0 Å². The third-order valence-corrected chi connectivity index (χ3v) is 5.39. The molecule has 4 aromatic rings. The molecule has 162 valence electrons. The van der Waals surface area contributed by atoms with Crippen molar-refractivity contribution in [3.05, 3.63) is 83.1 Å². The summed E-state index contributed by atoms with van der Waals surface area (Å²) in [7, 11) is 1.57. The van der Waals surface area contributed by atoms with Gasteiger partial charge in [0.05, 0.1) is 24.8 Å². The Morgan fingerprint density at radius 2 is 1.91 bits per heavy atom. The van der Waals surface area contributed by atoms with E-state index in [1.807, 2.05) is 29.8 Å². The van der Waals surface area contributed by atoms with Crippen LogP contribution in [0.4, 0.5) is 8.78 Å². The van der Waals surface area contributed by atoms with Gasteiger partial charge in [0.2, 0.25) is 5.88 Å². The molecule has 7 nitrogen and oxygen atoms in total. The van der Waals surface area contributed by atoms with Gasteiger partial charge in [-0.1, -0.05) is 0 Å². The van der Waals surface area contributed by atoms with Gasteiger partial charge in [0.25, 0.3) is 0 Å². The number of rotatable bonds is 5. The minimum atomic E-state index is -0.590. The fourth-order valence-corrected chi connectivity index (χ4v) is 3.94. The molecule has 0 saturated carbocycles. The summed E-state index contributed by atoms with van der Waals surface area (Å²) in [6.45, 7) is 2.56. The molecule has 1 aliphatic rings. The largest absolute Gasteiger partial charge is 0.479 e. The van der Waals surface area contributed by atoms with Crippen molar-refractivity contribution in [1.29, 1.82) is 0 Å². The number of aryl methyl sites for hydroxylation is 2. The van der Waals surface area contributed by atoms with E-state index < -0.39 is 11.6 Å². The highest BCUT2D eigenvalue weighted by molar-refractivity contribution is 5.65. The van der Waals surface area contributed by atoms with Gasteiger partial charge >= 0.3 is 0 Å². The predicted molar refractivity (Wildman–Crippen MR) is 114 cm³/mol. The van der Waals surface area contributed by atoms with E-state index in [0.29, 0.717) is 41.8 Å². The number of benzene rings is 1.